The monoisotopic (exact) mass is 154 g/mol. The first kappa shape index (κ1) is 10.4. The molecular weight excluding hydrogens is 136 g/mol. The van der Waals surface area contributed by atoms with Crippen molar-refractivity contribution in [2.45, 2.75) is 34.1 Å². The fourth-order valence-electron chi connectivity index (χ4n) is 0.857. The topological polar surface area (TPSA) is 17.1 Å². The van der Waals surface area contributed by atoms with E-state index in [0.29, 0.717) is 5.92 Å². The van der Waals surface area contributed by atoms with Gasteiger partial charge in [-0.2, -0.15) is 0 Å². The summed E-state index contributed by atoms with van der Waals surface area (Å²) in [5.74, 6) is 0.660. The second-order valence-electron chi connectivity index (χ2n) is 3.56. The summed E-state index contributed by atoms with van der Waals surface area (Å²) >= 11 is 0. The lowest BCUT2D eigenvalue weighted by atomic mass is 9.93. The van der Waals surface area contributed by atoms with E-state index in [4.69, 9.17) is 0 Å². The van der Waals surface area contributed by atoms with Crippen LogP contribution in [0.15, 0.2) is 11.6 Å². The highest BCUT2D eigenvalue weighted by molar-refractivity contribution is 5.54. The standard InChI is InChI=1S/C10H18O/c1-8(2)5-6-10(7-11)9(3)4/h5,7,9-10H,6H2,1-4H3. The van der Waals surface area contributed by atoms with Crippen molar-refractivity contribution in [2.24, 2.45) is 11.8 Å². The van der Waals surface area contributed by atoms with Crippen molar-refractivity contribution in [3.05, 3.63) is 11.6 Å². The van der Waals surface area contributed by atoms with Crippen molar-refractivity contribution in [1.82, 2.24) is 0 Å². The maximum absolute atomic E-state index is 10.5. The molecule has 0 rings (SSSR count). The molecule has 64 valence electrons. The molecule has 0 aromatic rings. The van der Waals surface area contributed by atoms with Gasteiger partial charge in [0.15, 0.2) is 0 Å². The number of rotatable bonds is 4. The predicted molar refractivity (Wildman–Crippen MR) is 48.4 cm³/mol. The van der Waals surface area contributed by atoms with Crippen LogP contribution >= 0.6 is 0 Å². The lowest BCUT2D eigenvalue weighted by Gasteiger charge is -2.10. The van der Waals surface area contributed by atoms with E-state index in [0.717, 1.165) is 12.7 Å². The quantitative estimate of drug-likeness (QED) is 0.449. The number of carbonyl (C=O) groups excluding carboxylic acids is 1. The zero-order valence-electron chi connectivity index (χ0n) is 7.92. The van der Waals surface area contributed by atoms with Crippen LogP contribution in [-0.4, -0.2) is 6.29 Å². The summed E-state index contributed by atoms with van der Waals surface area (Å²) in [6.45, 7) is 8.28. The molecule has 1 unspecified atom stereocenters. The van der Waals surface area contributed by atoms with E-state index in [2.05, 4.69) is 33.8 Å². The average molecular weight is 154 g/mol. The van der Waals surface area contributed by atoms with Crippen LogP contribution in [0.1, 0.15) is 34.1 Å². The Morgan fingerprint density at radius 1 is 1.36 bits per heavy atom. The van der Waals surface area contributed by atoms with Crippen molar-refractivity contribution in [3.8, 4) is 0 Å². The minimum absolute atomic E-state index is 0.199. The second-order valence-corrected chi connectivity index (χ2v) is 3.56. The molecule has 0 aliphatic carbocycles. The Labute approximate surface area is 69.5 Å². The van der Waals surface area contributed by atoms with Gasteiger partial charge in [-0.3, -0.25) is 0 Å². The molecule has 0 radical (unpaired) electrons. The lowest BCUT2D eigenvalue weighted by molar-refractivity contribution is -0.112. The van der Waals surface area contributed by atoms with Crippen molar-refractivity contribution in [3.63, 3.8) is 0 Å². The SMILES string of the molecule is CC(C)=CCC(C=O)C(C)C. The molecule has 0 heterocycles. The van der Waals surface area contributed by atoms with Crippen molar-refractivity contribution >= 4 is 6.29 Å². The van der Waals surface area contributed by atoms with Crippen LogP contribution in [0.4, 0.5) is 0 Å². The normalized spacial score (nSPS) is 12.8. The maximum Gasteiger partial charge on any atom is 0.123 e. The summed E-state index contributed by atoms with van der Waals surface area (Å²) in [4.78, 5) is 10.5. The molecule has 0 aliphatic rings. The Morgan fingerprint density at radius 2 is 1.91 bits per heavy atom. The number of aldehydes is 1. The van der Waals surface area contributed by atoms with E-state index in [-0.39, 0.29) is 5.92 Å². The molecule has 0 aromatic heterocycles. The number of hydrogen-bond acceptors (Lipinski definition) is 1. The van der Waals surface area contributed by atoms with Crippen LogP contribution in [-0.2, 0) is 4.79 Å². The maximum atomic E-state index is 10.5. The molecule has 0 bridgehead atoms. The van der Waals surface area contributed by atoms with Crippen LogP contribution < -0.4 is 0 Å². The van der Waals surface area contributed by atoms with Crippen LogP contribution in [0.5, 0.6) is 0 Å². The van der Waals surface area contributed by atoms with Gasteiger partial charge in [0.05, 0.1) is 0 Å². The van der Waals surface area contributed by atoms with Gasteiger partial charge in [-0.05, 0) is 26.2 Å². The summed E-state index contributed by atoms with van der Waals surface area (Å²) in [5, 5.41) is 0. The fraction of sp³-hybridized carbons (Fsp3) is 0.700. The van der Waals surface area contributed by atoms with Gasteiger partial charge in [0.25, 0.3) is 0 Å². The van der Waals surface area contributed by atoms with E-state index in [1.54, 1.807) is 0 Å². The molecular formula is C10H18O. The van der Waals surface area contributed by atoms with Gasteiger partial charge in [-0.15, -0.1) is 0 Å². The molecule has 1 atom stereocenters. The smallest absolute Gasteiger partial charge is 0.123 e. The number of allylic oxidation sites excluding steroid dienone is 2. The Kier molecular flexibility index (Phi) is 4.84. The van der Waals surface area contributed by atoms with Gasteiger partial charge in [-0.25, -0.2) is 0 Å². The third-order valence-electron chi connectivity index (χ3n) is 1.83. The third kappa shape index (κ3) is 4.77. The number of hydrogen-bond donors (Lipinski definition) is 0. The Balaban J connectivity index is 3.89. The Hall–Kier alpha value is -0.590. The van der Waals surface area contributed by atoms with E-state index in [1.165, 1.54) is 5.57 Å². The summed E-state index contributed by atoms with van der Waals surface area (Å²) < 4.78 is 0. The van der Waals surface area contributed by atoms with Crippen LogP contribution in [0.25, 0.3) is 0 Å². The zero-order chi connectivity index (χ0) is 8.85. The van der Waals surface area contributed by atoms with Crippen molar-refractivity contribution < 1.29 is 4.79 Å². The van der Waals surface area contributed by atoms with Crippen molar-refractivity contribution in [1.29, 1.82) is 0 Å². The van der Waals surface area contributed by atoms with Gasteiger partial charge < -0.3 is 4.79 Å². The first-order valence-corrected chi connectivity index (χ1v) is 4.16. The van der Waals surface area contributed by atoms with E-state index < -0.39 is 0 Å². The molecule has 0 aromatic carbocycles. The summed E-state index contributed by atoms with van der Waals surface area (Å²) in [6.07, 6.45) is 4.08. The largest absolute Gasteiger partial charge is 0.303 e. The molecule has 0 spiro atoms. The molecule has 0 fully saturated rings. The highest BCUT2D eigenvalue weighted by Gasteiger charge is 2.09. The average Bonchev–Trinajstić information content (AvgIpc) is 1.87. The lowest BCUT2D eigenvalue weighted by Crippen LogP contribution is -2.08. The molecule has 1 nitrogen and oxygen atoms in total. The first-order chi connectivity index (χ1) is 5.07. The van der Waals surface area contributed by atoms with E-state index in [9.17, 15) is 4.79 Å². The minimum atomic E-state index is 0.199. The zero-order valence-corrected chi connectivity index (χ0v) is 7.92. The first-order valence-electron chi connectivity index (χ1n) is 4.16. The van der Waals surface area contributed by atoms with Gasteiger partial charge in [0.1, 0.15) is 6.29 Å². The molecule has 0 N–H and O–H groups in total. The van der Waals surface area contributed by atoms with Crippen LogP contribution in [0.3, 0.4) is 0 Å². The minimum Gasteiger partial charge on any atom is -0.303 e. The summed E-state index contributed by atoms with van der Waals surface area (Å²) in [5.41, 5.74) is 1.29. The Morgan fingerprint density at radius 3 is 2.18 bits per heavy atom. The highest BCUT2D eigenvalue weighted by atomic mass is 16.1. The molecule has 11 heavy (non-hydrogen) atoms. The number of carbonyl (C=O) groups is 1. The molecule has 1 heteroatoms. The molecule has 0 saturated carbocycles. The summed E-state index contributed by atoms with van der Waals surface area (Å²) in [6, 6.07) is 0. The third-order valence-corrected chi connectivity index (χ3v) is 1.83. The van der Waals surface area contributed by atoms with Gasteiger partial charge in [-0.1, -0.05) is 25.5 Å². The van der Waals surface area contributed by atoms with Gasteiger partial charge in [0, 0.05) is 5.92 Å². The van der Waals surface area contributed by atoms with Crippen LogP contribution in [0.2, 0.25) is 0 Å². The van der Waals surface area contributed by atoms with E-state index in [1.807, 2.05) is 0 Å². The van der Waals surface area contributed by atoms with Crippen LogP contribution in [0, 0.1) is 11.8 Å². The predicted octanol–water partition coefficient (Wildman–Crippen LogP) is 2.81. The van der Waals surface area contributed by atoms with E-state index >= 15 is 0 Å². The fourth-order valence-corrected chi connectivity index (χ4v) is 0.857. The molecule has 0 aliphatic heterocycles. The van der Waals surface area contributed by atoms with Gasteiger partial charge >= 0.3 is 0 Å². The molecule has 0 amide bonds. The summed E-state index contributed by atoms with van der Waals surface area (Å²) in [7, 11) is 0. The highest BCUT2D eigenvalue weighted by Crippen LogP contribution is 2.13. The Bertz CT molecular complexity index is 141. The van der Waals surface area contributed by atoms with Gasteiger partial charge in [0.2, 0.25) is 0 Å². The molecule has 0 saturated heterocycles. The second kappa shape index (κ2) is 5.11. The van der Waals surface area contributed by atoms with Crippen molar-refractivity contribution in [2.75, 3.05) is 0 Å².